The minimum atomic E-state index is 0.593. The van der Waals surface area contributed by atoms with Crippen molar-refractivity contribution >= 4 is 54.6 Å². The molecule has 0 amide bonds. The van der Waals surface area contributed by atoms with Crippen molar-refractivity contribution in [1.82, 2.24) is 19.9 Å². The quantitative estimate of drug-likeness (QED) is 0.183. The molecular weight excluding hydrogens is 592 g/mol. The Bertz CT molecular complexity index is 2770. The molecule has 0 aliphatic rings. The fourth-order valence-corrected chi connectivity index (χ4v) is 6.63. The molecule has 0 saturated heterocycles. The molecule has 0 aliphatic carbocycles. The van der Waals surface area contributed by atoms with Crippen molar-refractivity contribution in [2.45, 2.75) is 0 Å². The van der Waals surface area contributed by atoms with Crippen molar-refractivity contribution in [3.8, 4) is 45.6 Å². The van der Waals surface area contributed by atoms with E-state index >= 15 is 0 Å². The van der Waals surface area contributed by atoms with Crippen LogP contribution in [0.15, 0.2) is 154 Å². The molecule has 6 heteroatoms. The summed E-state index contributed by atoms with van der Waals surface area (Å²) in [5.74, 6) is 2.48. The Morgan fingerprint density at radius 2 is 0.938 bits per heavy atom. The Morgan fingerprint density at radius 1 is 0.375 bits per heavy atom. The maximum absolute atomic E-state index is 6.57. The van der Waals surface area contributed by atoms with Gasteiger partial charge in [-0.2, -0.15) is 0 Å². The molecule has 0 radical (unpaired) electrons. The molecule has 0 saturated carbocycles. The molecule has 10 aromatic rings. The van der Waals surface area contributed by atoms with E-state index in [-0.39, 0.29) is 0 Å². The SMILES string of the molecule is c1ccc(-c2nc(-c3ccccc3)nc(-c3ccc4ccc5c(ccc6c5oc5ccc7oc(-c8ccccc8)nc7c56)c4c3)n2)cc1. The lowest BCUT2D eigenvalue weighted by Gasteiger charge is -2.10. The van der Waals surface area contributed by atoms with Gasteiger partial charge < -0.3 is 8.83 Å². The van der Waals surface area contributed by atoms with E-state index in [0.29, 0.717) is 23.4 Å². The summed E-state index contributed by atoms with van der Waals surface area (Å²) in [7, 11) is 0. The average Bonchev–Trinajstić information content (AvgIpc) is 3.77. The Morgan fingerprint density at radius 3 is 1.62 bits per heavy atom. The summed E-state index contributed by atoms with van der Waals surface area (Å²) in [5, 5.41) is 6.28. The van der Waals surface area contributed by atoms with Crippen molar-refractivity contribution in [1.29, 1.82) is 0 Å². The first-order valence-electron chi connectivity index (χ1n) is 15.8. The van der Waals surface area contributed by atoms with Crippen LogP contribution in [0.25, 0.3) is 100 Å². The standard InChI is InChI=1S/C42H24N4O2/c1-4-10-26(11-5-1)39-44-40(27-12-6-2-7-13-27)46-41(45-39)29-17-16-25-18-19-31-30(33(25)24-29)20-21-32-36-34(47-38(31)32)22-23-35-37(36)43-42(48-35)28-14-8-3-9-15-28/h1-24H. The van der Waals surface area contributed by atoms with Gasteiger partial charge in [-0.1, -0.05) is 103 Å². The summed E-state index contributed by atoms with van der Waals surface area (Å²) >= 11 is 0. The van der Waals surface area contributed by atoms with Gasteiger partial charge in [-0.25, -0.2) is 19.9 Å². The van der Waals surface area contributed by atoms with Crippen LogP contribution in [0, 0.1) is 0 Å². The molecule has 0 spiro atoms. The number of oxazole rings is 1. The minimum Gasteiger partial charge on any atom is -0.455 e. The van der Waals surface area contributed by atoms with Gasteiger partial charge in [0, 0.05) is 33.0 Å². The molecule has 7 aromatic carbocycles. The average molecular weight is 617 g/mol. The van der Waals surface area contributed by atoms with Crippen molar-refractivity contribution in [3.05, 3.63) is 146 Å². The number of hydrogen-bond donors (Lipinski definition) is 0. The number of furan rings is 1. The largest absolute Gasteiger partial charge is 0.455 e. The molecule has 10 rings (SSSR count). The molecule has 3 heterocycles. The number of aromatic nitrogens is 4. The van der Waals surface area contributed by atoms with Gasteiger partial charge in [-0.15, -0.1) is 0 Å². The summed E-state index contributed by atoms with van der Waals surface area (Å²) in [6, 6.07) is 48.9. The molecule has 0 aliphatic heterocycles. The molecule has 0 N–H and O–H groups in total. The molecular formula is C42H24N4O2. The van der Waals surface area contributed by atoms with Gasteiger partial charge in [0.15, 0.2) is 23.1 Å². The summed E-state index contributed by atoms with van der Waals surface area (Å²) < 4.78 is 12.8. The molecule has 0 atom stereocenters. The molecule has 224 valence electrons. The fourth-order valence-electron chi connectivity index (χ4n) is 6.63. The van der Waals surface area contributed by atoms with Gasteiger partial charge in [0.2, 0.25) is 5.89 Å². The number of fused-ring (bicyclic) bond motifs is 9. The molecule has 0 fully saturated rings. The first-order chi connectivity index (χ1) is 23.8. The maximum atomic E-state index is 6.57. The lowest BCUT2D eigenvalue weighted by Crippen LogP contribution is -2.00. The van der Waals surface area contributed by atoms with Crippen molar-refractivity contribution in [2.75, 3.05) is 0 Å². The summed E-state index contributed by atoms with van der Waals surface area (Å²) in [4.78, 5) is 19.7. The van der Waals surface area contributed by atoms with E-state index in [9.17, 15) is 0 Å². The topological polar surface area (TPSA) is 77.8 Å². The van der Waals surface area contributed by atoms with E-state index < -0.39 is 0 Å². The Labute approximate surface area is 274 Å². The van der Waals surface area contributed by atoms with Crippen LogP contribution in [0.2, 0.25) is 0 Å². The summed E-state index contributed by atoms with van der Waals surface area (Å²) in [6.45, 7) is 0. The summed E-state index contributed by atoms with van der Waals surface area (Å²) in [5.41, 5.74) is 6.85. The highest BCUT2D eigenvalue weighted by atomic mass is 16.4. The predicted octanol–water partition coefficient (Wildman–Crippen LogP) is 10.9. The third-order valence-corrected chi connectivity index (χ3v) is 8.95. The van der Waals surface area contributed by atoms with Crippen LogP contribution in [0.4, 0.5) is 0 Å². The second kappa shape index (κ2) is 10.4. The van der Waals surface area contributed by atoms with Crippen LogP contribution in [0.5, 0.6) is 0 Å². The van der Waals surface area contributed by atoms with E-state index in [1.807, 2.05) is 103 Å². The highest BCUT2D eigenvalue weighted by Gasteiger charge is 2.19. The van der Waals surface area contributed by atoms with Crippen molar-refractivity contribution in [3.63, 3.8) is 0 Å². The number of hydrogen-bond acceptors (Lipinski definition) is 6. The third kappa shape index (κ3) is 4.20. The smallest absolute Gasteiger partial charge is 0.227 e. The van der Waals surface area contributed by atoms with Crippen LogP contribution in [0.3, 0.4) is 0 Å². The van der Waals surface area contributed by atoms with Gasteiger partial charge >= 0.3 is 0 Å². The van der Waals surface area contributed by atoms with E-state index in [1.165, 1.54) is 0 Å². The zero-order valence-electron chi connectivity index (χ0n) is 25.5. The first kappa shape index (κ1) is 26.5. The van der Waals surface area contributed by atoms with Crippen LogP contribution < -0.4 is 0 Å². The zero-order valence-corrected chi connectivity index (χ0v) is 25.5. The van der Waals surface area contributed by atoms with Crippen LogP contribution in [-0.4, -0.2) is 19.9 Å². The number of benzene rings is 7. The van der Waals surface area contributed by atoms with E-state index in [0.717, 1.165) is 76.8 Å². The fraction of sp³-hybridized carbons (Fsp3) is 0. The number of nitrogens with zero attached hydrogens (tertiary/aromatic N) is 4. The lowest BCUT2D eigenvalue weighted by molar-refractivity contribution is 0.619. The monoisotopic (exact) mass is 616 g/mol. The van der Waals surface area contributed by atoms with Gasteiger partial charge in [0.25, 0.3) is 0 Å². The predicted molar refractivity (Wildman–Crippen MR) is 191 cm³/mol. The van der Waals surface area contributed by atoms with E-state index in [1.54, 1.807) is 0 Å². The van der Waals surface area contributed by atoms with Gasteiger partial charge in [-0.3, -0.25) is 0 Å². The van der Waals surface area contributed by atoms with Gasteiger partial charge in [0.1, 0.15) is 16.7 Å². The Balaban J connectivity index is 1.16. The van der Waals surface area contributed by atoms with Crippen molar-refractivity contribution in [2.24, 2.45) is 0 Å². The molecule has 0 unspecified atom stereocenters. The molecule has 3 aromatic heterocycles. The highest BCUT2D eigenvalue weighted by molar-refractivity contribution is 6.24. The maximum Gasteiger partial charge on any atom is 0.227 e. The van der Waals surface area contributed by atoms with Gasteiger partial charge in [-0.05, 0) is 58.6 Å². The second-order valence-electron chi connectivity index (χ2n) is 11.8. The molecule has 48 heavy (non-hydrogen) atoms. The second-order valence-corrected chi connectivity index (χ2v) is 11.8. The van der Waals surface area contributed by atoms with Gasteiger partial charge in [0.05, 0.1) is 5.39 Å². The Kier molecular flexibility index (Phi) is 5.77. The third-order valence-electron chi connectivity index (χ3n) is 8.95. The molecule has 0 bridgehead atoms. The van der Waals surface area contributed by atoms with E-state index in [4.69, 9.17) is 28.8 Å². The minimum absolute atomic E-state index is 0.593. The number of rotatable bonds is 4. The molecule has 6 nitrogen and oxygen atoms in total. The highest BCUT2D eigenvalue weighted by Crippen LogP contribution is 2.41. The van der Waals surface area contributed by atoms with Crippen molar-refractivity contribution < 1.29 is 8.83 Å². The summed E-state index contributed by atoms with van der Waals surface area (Å²) in [6.07, 6.45) is 0. The van der Waals surface area contributed by atoms with Crippen LogP contribution in [-0.2, 0) is 0 Å². The van der Waals surface area contributed by atoms with Crippen LogP contribution in [0.1, 0.15) is 0 Å². The van der Waals surface area contributed by atoms with Crippen LogP contribution >= 0.6 is 0 Å². The van der Waals surface area contributed by atoms with E-state index in [2.05, 4.69) is 42.5 Å². The Hall–Kier alpha value is -6.66. The zero-order chi connectivity index (χ0) is 31.6. The first-order valence-corrected chi connectivity index (χ1v) is 15.8. The lowest BCUT2D eigenvalue weighted by atomic mass is 9.98. The normalized spacial score (nSPS) is 11.8.